The molecular weight excluding hydrogens is 400 g/mol. The average molecular weight is 423 g/mol. The third kappa shape index (κ3) is 4.59. The van der Waals surface area contributed by atoms with Crippen LogP contribution in [0.25, 0.3) is 52.4 Å². The van der Waals surface area contributed by atoms with Crippen molar-refractivity contribution in [1.29, 1.82) is 0 Å². The molecule has 2 aliphatic rings. The maximum Gasteiger partial charge on any atom is 0.302 e. The van der Waals surface area contributed by atoms with Gasteiger partial charge < -0.3 is 14.7 Å². The lowest BCUT2D eigenvalue weighted by atomic mass is 10.2. The number of esters is 1. The molecule has 6 heteroatoms. The molecule has 0 saturated heterocycles. The minimum Gasteiger partial charge on any atom is -0.466 e. The van der Waals surface area contributed by atoms with Crippen molar-refractivity contribution in [2.24, 2.45) is 0 Å². The molecule has 0 spiro atoms. The number of ether oxygens (including phenoxy) is 1. The number of nitrogens with zero attached hydrogens (tertiary/aromatic N) is 2. The smallest absolute Gasteiger partial charge is 0.302 e. The van der Waals surface area contributed by atoms with E-state index in [0.717, 1.165) is 44.9 Å². The van der Waals surface area contributed by atoms with Crippen molar-refractivity contribution >= 4 is 58.4 Å². The van der Waals surface area contributed by atoms with Gasteiger partial charge in [0.15, 0.2) is 0 Å². The molecule has 6 nitrogen and oxygen atoms in total. The number of aromatic nitrogens is 4. The fourth-order valence-electron chi connectivity index (χ4n) is 3.57. The molecule has 0 unspecified atom stereocenters. The van der Waals surface area contributed by atoms with Gasteiger partial charge in [-0.25, -0.2) is 9.97 Å². The zero-order valence-corrected chi connectivity index (χ0v) is 17.6. The Bertz CT molecular complexity index is 1490. The van der Waals surface area contributed by atoms with E-state index in [1.165, 1.54) is 6.92 Å². The van der Waals surface area contributed by atoms with E-state index in [1.54, 1.807) is 0 Å². The average Bonchev–Trinajstić information content (AvgIpc) is 3.55. The lowest BCUT2D eigenvalue weighted by molar-refractivity contribution is -0.140. The summed E-state index contributed by atoms with van der Waals surface area (Å²) in [5.74, 6) is -0.299. The van der Waals surface area contributed by atoms with Crippen LogP contribution in [0.2, 0.25) is 0 Å². The minimum absolute atomic E-state index is 0.299. The Kier molecular flexibility index (Phi) is 4.94. The SMILES string of the molecule is [2H]c1c(C=CCCOC(C)=O)c2cc3nc(cc4nc(cc5ccc(cc1[nH]2)[nH]5)C=C4)C=C3. The first-order valence-corrected chi connectivity index (χ1v) is 10.4. The topological polar surface area (TPSA) is 83.7 Å². The summed E-state index contributed by atoms with van der Waals surface area (Å²) in [5.41, 5.74) is 7.37. The maximum absolute atomic E-state index is 11.0. The second-order valence-corrected chi connectivity index (χ2v) is 7.56. The quantitative estimate of drug-likeness (QED) is 0.290. The fraction of sp³-hybridized carbons (Fsp3) is 0.115. The molecule has 2 N–H and O–H groups in total. The van der Waals surface area contributed by atoms with Crippen molar-refractivity contribution in [3.8, 4) is 0 Å². The molecule has 0 amide bonds. The van der Waals surface area contributed by atoms with E-state index in [-0.39, 0.29) is 5.97 Å². The summed E-state index contributed by atoms with van der Waals surface area (Å²) in [5, 5.41) is 0. The first-order valence-electron chi connectivity index (χ1n) is 10.9. The van der Waals surface area contributed by atoms with Crippen molar-refractivity contribution in [3.63, 3.8) is 0 Å². The van der Waals surface area contributed by atoms with Crippen LogP contribution < -0.4 is 0 Å². The second-order valence-electron chi connectivity index (χ2n) is 7.56. The maximum atomic E-state index is 11.0. The number of rotatable bonds is 4. The Hall–Kier alpha value is -4.19. The van der Waals surface area contributed by atoms with E-state index >= 15 is 0 Å². The number of carbonyl (C=O) groups excluding carboxylic acids is 1. The molecule has 2 aliphatic heterocycles. The normalized spacial score (nSPS) is 13.0. The van der Waals surface area contributed by atoms with Gasteiger partial charge in [-0.05, 0) is 78.7 Å². The van der Waals surface area contributed by atoms with Crippen LogP contribution in [0.15, 0.2) is 48.5 Å². The number of hydrogen-bond acceptors (Lipinski definition) is 4. The highest BCUT2D eigenvalue weighted by molar-refractivity contribution is 5.81. The second kappa shape index (κ2) is 8.51. The van der Waals surface area contributed by atoms with Crippen LogP contribution in [0.3, 0.4) is 0 Å². The first-order chi connectivity index (χ1) is 16.0. The number of hydrogen-bond donors (Lipinski definition) is 2. The predicted molar refractivity (Wildman–Crippen MR) is 129 cm³/mol. The molecule has 3 aromatic rings. The van der Waals surface area contributed by atoms with Crippen LogP contribution in [0, 0.1) is 0 Å². The lowest BCUT2D eigenvalue weighted by Crippen LogP contribution is -1.98. The number of H-pyrrole nitrogens is 2. The van der Waals surface area contributed by atoms with Crippen LogP contribution in [0.5, 0.6) is 0 Å². The molecule has 5 heterocycles. The van der Waals surface area contributed by atoms with Crippen molar-refractivity contribution in [2.75, 3.05) is 6.61 Å². The molecular formula is C26H22N4O2. The molecule has 0 atom stereocenters. The van der Waals surface area contributed by atoms with E-state index in [9.17, 15) is 4.79 Å². The fourth-order valence-corrected chi connectivity index (χ4v) is 3.57. The van der Waals surface area contributed by atoms with Gasteiger partial charge >= 0.3 is 5.97 Å². The Morgan fingerprint density at radius 3 is 2.31 bits per heavy atom. The monoisotopic (exact) mass is 423 g/mol. The summed E-state index contributed by atoms with van der Waals surface area (Å²) in [4.78, 5) is 27.0. The lowest BCUT2D eigenvalue weighted by Gasteiger charge is -1.96. The third-order valence-electron chi connectivity index (χ3n) is 4.99. The van der Waals surface area contributed by atoms with E-state index in [0.29, 0.717) is 24.6 Å². The zero-order chi connectivity index (χ0) is 22.8. The summed E-state index contributed by atoms with van der Waals surface area (Å²) in [6.07, 6.45) is 12.2. The molecule has 0 saturated carbocycles. The van der Waals surface area contributed by atoms with Gasteiger partial charge in [-0.3, -0.25) is 4.79 Å². The van der Waals surface area contributed by atoms with E-state index in [1.807, 2.05) is 72.9 Å². The van der Waals surface area contributed by atoms with Gasteiger partial charge in [0.1, 0.15) is 0 Å². The largest absolute Gasteiger partial charge is 0.466 e. The van der Waals surface area contributed by atoms with Gasteiger partial charge in [0.25, 0.3) is 0 Å². The summed E-state index contributed by atoms with van der Waals surface area (Å²) in [6, 6.07) is 12.1. The van der Waals surface area contributed by atoms with Crippen molar-refractivity contribution in [1.82, 2.24) is 19.9 Å². The van der Waals surface area contributed by atoms with Crippen molar-refractivity contribution in [2.45, 2.75) is 13.3 Å². The molecule has 32 heavy (non-hydrogen) atoms. The number of fused-ring (bicyclic) bond motifs is 8. The van der Waals surface area contributed by atoms with Crippen molar-refractivity contribution in [3.05, 3.63) is 76.9 Å². The molecule has 5 rings (SSSR count). The number of carbonyl (C=O) groups is 1. The summed E-state index contributed by atoms with van der Waals surface area (Å²) in [6.45, 7) is 1.70. The molecule has 8 bridgehead atoms. The van der Waals surface area contributed by atoms with Gasteiger partial charge in [0.05, 0.1) is 30.8 Å². The predicted octanol–water partition coefficient (Wildman–Crippen LogP) is 5.62. The molecule has 0 fully saturated rings. The van der Waals surface area contributed by atoms with Crippen LogP contribution in [0.4, 0.5) is 0 Å². The molecule has 0 radical (unpaired) electrons. The Labute approximate surface area is 186 Å². The van der Waals surface area contributed by atoms with E-state index in [2.05, 4.69) is 19.9 Å². The molecule has 0 aliphatic carbocycles. The van der Waals surface area contributed by atoms with Gasteiger partial charge in [-0.1, -0.05) is 12.2 Å². The molecule has 158 valence electrons. The van der Waals surface area contributed by atoms with Crippen molar-refractivity contribution < 1.29 is 10.9 Å². The van der Waals surface area contributed by atoms with Gasteiger partial charge in [0, 0.05) is 29.0 Å². The van der Waals surface area contributed by atoms with Crippen LogP contribution >= 0.6 is 0 Å². The Morgan fingerprint density at radius 1 is 0.938 bits per heavy atom. The third-order valence-corrected chi connectivity index (χ3v) is 4.99. The summed E-state index contributed by atoms with van der Waals surface area (Å²) in [7, 11) is 0. The highest BCUT2D eigenvalue weighted by Gasteiger charge is 2.04. The highest BCUT2D eigenvalue weighted by atomic mass is 16.5. The number of nitrogens with one attached hydrogen (secondary N) is 2. The van der Waals surface area contributed by atoms with E-state index in [4.69, 9.17) is 6.11 Å². The summed E-state index contributed by atoms with van der Waals surface area (Å²) < 4.78 is 13.7. The first kappa shape index (κ1) is 18.6. The standard InChI is InChI=1S/C26H22N4O2/c1-17(31)32-11-3-2-4-18-12-25-15-23-8-7-21(28-23)13-19-5-6-20(27-19)14-22-9-10-24(29-22)16-26(18)30-25/h2,4-10,12-16,28,30H,3,11H2,1H3/i12D. The van der Waals surface area contributed by atoms with E-state index < -0.39 is 0 Å². The van der Waals surface area contributed by atoms with Gasteiger partial charge in [-0.2, -0.15) is 0 Å². The van der Waals surface area contributed by atoms with Crippen LogP contribution in [-0.4, -0.2) is 32.5 Å². The minimum atomic E-state index is -0.299. The molecule has 0 aromatic carbocycles. The highest BCUT2D eigenvalue weighted by Crippen LogP contribution is 2.20. The molecule has 3 aromatic heterocycles. The number of aromatic amines is 2. The zero-order valence-electron chi connectivity index (χ0n) is 18.6. The summed E-state index contributed by atoms with van der Waals surface area (Å²) >= 11 is 0. The Morgan fingerprint density at radius 2 is 1.59 bits per heavy atom. The van der Waals surface area contributed by atoms with Gasteiger partial charge in [0.2, 0.25) is 0 Å². The Balaban J connectivity index is 1.68. The van der Waals surface area contributed by atoms with Gasteiger partial charge in [-0.15, -0.1) is 0 Å². The van der Waals surface area contributed by atoms with Crippen LogP contribution in [-0.2, 0) is 9.53 Å². The van der Waals surface area contributed by atoms with Crippen LogP contribution in [0.1, 0.15) is 43.1 Å².